The van der Waals surface area contributed by atoms with Gasteiger partial charge in [0, 0.05) is 0 Å². The molecule has 0 radical (unpaired) electrons. The Balaban J connectivity index is 0.000000441. The monoisotopic (exact) mass is 337 g/mol. The molecule has 0 aliphatic rings. The first-order chi connectivity index (χ1) is 11.5. The molecule has 1 rings (SSSR count). The lowest BCUT2D eigenvalue weighted by atomic mass is 10.1. The summed E-state index contributed by atoms with van der Waals surface area (Å²) in [6.45, 7) is 3.46. The number of benzene rings is 1. The molecule has 5 heteroatoms. The van der Waals surface area contributed by atoms with Crippen molar-refractivity contribution in [1.29, 1.82) is 0 Å². The third kappa shape index (κ3) is 11.7. The molecule has 0 bridgehead atoms. The molecule has 0 unspecified atom stereocenters. The van der Waals surface area contributed by atoms with Gasteiger partial charge in [0.2, 0.25) is 0 Å². The highest BCUT2D eigenvalue weighted by Gasteiger charge is 2.04. The van der Waals surface area contributed by atoms with Crippen molar-refractivity contribution in [3.05, 3.63) is 35.4 Å². The fraction of sp³-hybridized carbons (Fsp3) is 0.579. The summed E-state index contributed by atoms with van der Waals surface area (Å²) in [5.74, 6) is -2.13. The average molecular weight is 337 g/mol. The van der Waals surface area contributed by atoms with Crippen molar-refractivity contribution in [2.24, 2.45) is 0 Å². The molecule has 3 N–H and O–H groups in total. The lowest BCUT2D eigenvalue weighted by Crippen LogP contribution is -2.06. The van der Waals surface area contributed by atoms with Gasteiger partial charge < -0.3 is 15.5 Å². The van der Waals surface area contributed by atoms with Crippen molar-refractivity contribution in [3.63, 3.8) is 0 Å². The van der Waals surface area contributed by atoms with Crippen molar-refractivity contribution in [2.45, 2.75) is 58.3 Å². The Hall–Kier alpha value is -1.88. The number of aromatic carboxylic acids is 2. The van der Waals surface area contributed by atoms with Gasteiger partial charge in [0.1, 0.15) is 0 Å². The van der Waals surface area contributed by atoms with Crippen LogP contribution < -0.4 is 5.32 Å². The van der Waals surface area contributed by atoms with Crippen LogP contribution >= 0.6 is 0 Å². The van der Waals surface area contributed by atoms with Crippen molar-refractivity contribution in [2.75, 3.05) is 13.6 Å². The summed E-state index contributed by atoms with van der Waals surface area (Å²) >= 11 is 0. The Morgan fingerprint density at radius 1 is 0.792 bits per heavy atom. The minimum absolute atomic E-state index is 0.0833. The zero-order chi connectivity index (χ0) is 18.2. The first-order valence-corrected chi connectivity index (χ1v) is 8.74. The molecular weight excluding hydrogens is 306 g/mol. The quantitative estimate of drug-likeness (QED) is 0.520. The maximum absolute atomic E-state index is 10.3. The van der Waals surface area contributed by atoms with E-state index in [2.05, 4.69) is 12.2 Å². The Bertz CT molecular complexity index is 414. The molecule has 5 nitrogen and oxygen atoms in total. The number of carboxylic acid groups (broad SMARTS) is 2. The molecule has 0 amide bonds. The van der Waals surface area contributed by atoms with Crippen LogP contribution in [0.4, 0.5) is 0 Å². The molecule has 1 aromatic rings. The molecule has 0 fully saturated rings. The highest BCUT2D eigenvalue weighted by Crippen LogP contribution is 2.07. The van der Waals surface area contributed by atoms with Gasteiger partial charge >= 0.3 is 11.9 Å². The molecule has 0 aliphatic carbocycles. The van der Waals surface area contributed by atoms with E-state index >= 15 is 0 Å². The summed E-state index contributed by atoms with van der Waals surface area (Å²) in [6, 6.07) is 5.02. The molecular formula is C19H31NO4. The van der Waals surface area contributed by atoms with Gasteiger partial charge in [-0.2, -0.15) is 0 Å². The largest absolute Gasteiger partial charge is 0.478 e. The lowest BCUT2D eigenvalue weighted by Gasteiger charge is -2.00. The van der Waals surface area contributed by atoms with Crippen LogP contribution in [0.25, 0.3) is 0 Å². The van der Waals surface area contributed by atoms with Crippen molar-refractivity contribution < 1.29 is 19.8 Å². The summed E-state index contributed by atoms with van der Waals surface area (Å²) < 4.78 is 0. The number of nitrogens with one attached hydrogen (secondary N) is 1. The maximum Gasteiger partial charge on any atom is 0.335 e. The van der Waals surface area contributed by atoms with E-state index in [4.69, 9.17) is 10.2 Å². The van der Waals surface area contributed by atoms with Crippen LogP contribution in [0, 0.1) is 0 Å². The van der Waals surface area contributed by atoms with Gasteiger partial charge in [-0.15, -0.1) is 0 Å². The standard InChI is InChI=1S/C11H25N.C8H6O4/c1-3-4-5-6-7-8-9-10-11-12-2;9-7(10)5-1-2-6(4-3-5)8(11)12/h12H,3-11H2,1-2H3;1-4H,(H,9,10)(H,11,12). The van der Waals surface area contributed by atoms with Gasteiger partial charge in [-0.05, 0) is 44.3 Å². The van der Waals surface area contributed by atoms with Gasteiger partial charge in [-0.25, -0.2) is 9.59 Å². The predicted octanol–water partition coefficient (Wildman–Crippen LogP) is 4.43. The van der Waals surface area contributed by atoms with Crippen LogP contribution in [0.15, 0.2) is 24.3 Å². The Morgan fingerprint density at radius 3 is 1.50 bits per heavy atom. The topological polar surface area (TPSA) is 86.6 Å². The Labute approximate surface area is 145 Å². The minimum atomic E-state index is -1.06. The van der Waals surface area contributed by atoms with Crippen molar-refractivity contribution >= 4 is 11.9 Å². The van der Waals surface area contributed by atoms with Gasteiger partial charge in [-0.1, -0.05) is 51.9 Å². The Kier molecular flexibility index (Phi) is 13.5. The molecule has 0 spiro atoms. The van der Waals surface area contributed by atoms with E-state index in [1.807, 2.05) is 7.05 Å². The third-order valence-electron chi connectivity index (χ3n) is 3.66. The van der Waals surface area contributed by atoms with Crippen molar-refractivity contribution in [1.82, 2.24) is 5.32 Å². The number of rotatable bonds is 11. The zero-order valence-electron chi connectivity index (χ0n) is 14.9. The molecule has 0 saturated carbocycles. The number of hydrogen-bond acceptors (Lipinski definition) is 3. The zero-order valence-corrected chi connectivity index (χ0v) is 14.9. The highest BCUT2D eigenvalue weighted by molar-refractivity contribution is 5.91. The molecule has 136 valence electrons. The molecule has 24 heavy (non-hydrogen) atoms. The Morgan fingerprint density at radius 2 is 1.17 bits per heavy atom. The molecule has 0 saturated heterocycles. The number of carboxylic acids is 2. The molecule has 1 aromatic carbocycles. The second-order valence-electron chi connectivity index (χ2n) is 5.77. The second-order valence-corrected chi connectivity index (χ2v) is 5.77. The minimum Gasteiger partial charge on any atom is -0.478 e. The van der Waals surface area contributed by atoms with E-state index < -0.39 is 11.9 Å². The number of unbranched alkanes of at least 4 members (excludes halogenated alkanes) is 7. The number of hydrogen-bond donors (Lipinski definition) is 3. The van der Waals surface area contributed by atoms with E-state index in [0.29, 0.717) is 0 Å². The molecule has 0 heterocycles. The smallest absolute Gasteiger partial charge is 0.335 e. The number of carbonyl (C=O) groups is 2. The average Bonchev–Trinajstić information content (AvgIpc) is 2.58. The first-order valence-electron chi connectivity index (χ1n) is 8.74. The molecule has 0 aliphatic heterocycles. The van der Waals surface area contributed by atoms with Crippen LogP contribution in [0.5, 0.6) is 0 Å². The maximum atomic E-state index is 10.3. The van der Waals surface area contributed by atoms with E-state index in [1.165, 1.54) is 82.2 Å². The van der Waals surface area contributed by atoms with E-state index in [1.54, 1.807) is 0 Å². The highest BCUT2D eigenvalue weighted by atomic mass is 16.4. The van der Waals surface area contributed by atoms with E-state index in [-0.39, 0.29) is 11.1 Å². The third-order valence-corrected chi connectivity index (χ3v) is 3.66. The summed E-state index contributed by atoms with van der Waals surface area (Å²) in [5, 5.41) is 20.1. The summed E-state index contributed by atoms with van der Waals surface area (Å²) in [6.07, 6.45) is 11.3. The van der Waals surface area contributed by atoms with E-state index in [0.717, 1.165) is 0 Å². The fourth-order valence-electron chi connectivity index (χ4n) is 2.19. The lowest BCUT2D eigenvalue weighted by molar-refractivity contribution is 0.0681. The SMILES string of the molecule is CCCCCCCCCCNC.O=C(O)c1ccc(C(=O)O)cc1. The summed E-state index contributed by atoms with van der Waals surface area (Å²) in [7, 11) is 2.03. The summed E-state index contributed by atoms with van der Waals surface area (Å²) in [5.41, 5.74) is 0.167. The first kappa shape index (κ1) is 22.1. The van der Waals surface area contributed by atoms with Crippen molar-refractivity contribution in [3.8, 4) is 0 Å². The van der Waals surface area contributed by atoms with E-state index in [9.17, 15) is 9.59 Å². The van der Waals surface area contributed by atoms with Crippen LogP contribution in [0.1, 0.15) is 79.0 Å². The normalized spacial score (nSPS) is 9.92. The molecule has 0 atom stereocenters. The molecule has 0 aromatic heterocycles. The summed E-state index contributed by atoms with van der Waals surface area (Å²) in [4.78, 5) is 20.7. The fourth-order valence-corrected chi connectivity index (χ4v) is 2.19. The van der Waals surface area contributed by atoms with Gasteiger partial charge in [-0.3, -0.25) is 0 Å². The van der Waals surface area contributed by atoms with Gasteiger partial charge in [0.05, 0.1) is 11.1 Å². The van der Waals surface area contributed by atoms with Crippen LogP contribution in [0.2, 0.25) is 0 Å². The van der Waals surface area contributed by atoms with Crippen LogP contribution in [-0.2, 0) is 0 Å². The predicted molar refractivity (Wildman–Crippen MR) is 96.9 cm³/mol. The van der Waals surface area contributed by atoms with Gasteiger partial charge in [0.15, 0.2) is 0 Å². The second kappa shape index (κ2) is 14.7. The van der Waals surface area contributed by atoms with Gasteiger partial charge in [0.25, 0.3) is 0 Å². The van der Waals surface area contributed by atoms with Crippen LogP contribution in [0.3, 0.4) is 0 Å². The van der Waals surface area contributed by atoms with Crippen LogP contribution in [-0.4, -0.2) is 35.7 Å².